The summed E-state index contributed by atoms with van der Waals surface area (Å²) in [5, 5.41) is 13.6. The molecule has 192 valence electrons. The number of carbonyl (C=O) groups excluding carboxylic acids is 1. The Morgan fingerprint density at radius 3 is 2.22 bits per heavy atom. The lowest BCUT2D eigenvalue weighted by Gasteiger charge is -2.31. The second kappa shape index (κ2) is 10.5. The largest absolute Gasteiger partial charge is 0.497 e. The average molecular weight is 504 g/mol. The van der Waals surface area contributed by atoms with Crippen LogP contribution in [0.4, 0.5) is 13.2 Å². The van der Waals surface area contributed by atoms with E-state index in [2.05, 4.69) is 5.32 Å². The third-order valence-electron chi connectivity index (χ3n) is 6.30. The Bertz CT molecular complexity index is 1250. The van der Waals surface area contributed by atoms with Crippen molar-refractivity contribution in [3.63, 3.8) is 0 Å². The van der Waals surface area contributed by atoms with Gasteiger partial charge in [0.05, 0.1) is 18.2 Å². The summed E-state index contributed by atoms with van der Waals surface area (Å²) in [6.45, 7) is 5.22. The van der Waals surface area contributed by atoms with Crippen molar-refractivity contribution in [2.75, 3.05) is 7.11 Å². The van der Waals surface area contributed by atoms with Crippen LogP contribution in [0, 0.1) is 5.41 Å². The lowest BCUT2D eigenvalue weighted by atomic mass is 9.81. The molecule has 0 bridgehead atoms. The van der Waals surface area contributed by atoms with Crippen LogP contribution in [0.1, 0.15) is 48.7 Å². The molecule has 0 spiro atoms. The number of hydrogen-bond acceptors (Lipinski definition) is 4. The van der Waals surface area contributed by atoms with E-state index in [4.69, 9.17) is 9.47 Å². The van der Waals surface area contributed by atoms with Crippen molar-refractivity contribution in [3.05, 3.63) is 71.3 Å². The van der Waals surface area contributed by atoms with E-state index in [0.717, 1.165) is 17.5 Å². The number of carboxylic acids is 1. The van der Waals surface area contributed by atoms with Gasteiger partial charge >= 0.3 is 12.1 Å². The van der Waals surface area contributed by atoms with E-state index in [1.165, 1.54) is 25.3 Å². The molecule has 0 aromatic heterocycles. The SMILES string of the molecule is CCC(C)(C)C(NC(=O)c1ccc2ccc(OC)cc2c1OCc1ccc(C(F)(F)F)cc1)C(=O)O. The van der Waals surface area contributed by atoms with Crippen molar-refractivity contribution in [3.8, 4) is 11.5 Å². The Kier molecular flexibility index (Phi) is 7.81. The van der Waals surface area contributed by atoms with Crippen LogP contribution in [0.5, 0.6) is 11.5 Å². The molecule has 1 atom stereocenters. The van der Waals surface area contributed by atoms with E-state index < -0.39 is 35.1 Å². The molecule has 1 amide bonds. The van der Waals surface area contributed by atoms with Gasteiger partial charge in [-0.2, -0.15) is 13.2 Å². The van der Waals surface area contributed by atoms with Gasteiger partial charge in [-0.3, -0.25) is 4.79 Å². The van der Waals surface area contributed by atoms with Gasteiger partial charge in [0.15, 0.2) is 0 Å². The fourth-order valence-electron chi connectivity index (χ4n) is 3.68. The molecule has 6 nitrogen and oxygen atoms in total. The van der Waals surface area contributed by atoms with Gasteiger partial charge in [-0.15, -0.1) is 0 Å². The molecule has 2 N–H and O–H groups in total. The number of halogens is 3. The van der Waals surface area contributed by atoms with E-state index in [1.54, 1.807) is 38.1 Å². The minimum absolute atomic E-state index is 0.0980. The molecule has 0 radical (unpaired) electrons. The third kappa shape index (κ3) is 5.90. The number of carboxylic acid groups (broad SMARTS) is 1. The Morgan fingerprint density at radius 2 is 1.67 bits per heavy atom. The fraction of sp³-hybridized carbons (Fsp3) is 0.333. The highest BCUT2D eigenvalue weighted by atomic mass is 19.4. The Morgan fingerprint density at radius 1 is 1.03 bits per heavy atom. The number of benzene rings is 3. The van der Waals surface area contributed by atoms with Crippen LogP contribution < -0.4 is 14.8 Å². The van der Waals surface area contributed by atoms with Gasteiger partial charge in [-0.25, -0.2) is 4.79 Å². The molecule has 0 heterocycles. The maximum absolute atomic E-state index is 13.3. The van der Waals surface area contributed by atoms with E-state index in [1.807, 2.05) is 6.92 Å². The van der Waals surface area contributed by atoms with E-state index in [9.17, 15) is 27.9 Å². The summed E-state index contributed by atoms with van der Waals surface area (Å²) in [5.74, 6) is -1.13. The summed E-state index contributed by atoms with van der Waals surface area (Å²) >= 11 is 0. The quantitative estimate of drug-likeness (QED) is 0.371. The number of nitrogens with one attached hydrogen (secondary N) is 1. The van der Waals surface area contributed by atoms with Gasteiger partial charge in [0.2, 0.25) is 0 Å². The highest BCUT2D eigenvalue weighted by Gasteiger charge is 2.36. The zero-order valence-corrected chi connectivity index (χ0v) is 20.4. The van der Waals surface area contributed by atoms with Crippen molar-refractivity contribution < 1.29 is 37.3 Å². The molecule has 3 aromatic carbocycles. The Balaban J connectivity index is 2.01. The smallest absolute Gasteiger partial charge is 0.416 e. The number of alkyl halides is 3. The maximum atomic E-state index is 13.3. The first kappa shape index (κ1) is 26.8. The summed E-state index contributed by atoms with van der Waals surface area (Å²) in [7, 11) is 1.49. The van der Waals surface area contributed by atoms with Crippen LogP contribution in [0.2, 0.25) is 0 Å². The summed E-state index contributed by atoms with van der Waals surface area (Å²) in [4.78, 5) is 25.2. The molecule has 0 aliphatic heterocycles. The topological polar surface area (TPSA) is 84.9 Å². The molecule has 9 heteroatoms. The average Bonchev–Trinajstić information content (AvgIpc) is 2.84. The number of carbonyl (C=O) groups is 2. The number of hydrogen-bond donors (Lipinski definition) is 2. The van der Waals surface area contributed by atoms with Crippen LogP contribution in [0.15, 0.2) is 54.6 Å². The van der Waals surface area contributed by atoms with Gasteiger partial charge in [0.25, 0.3) is 5.91 Å². The standard InChI is InChI=1S/C27H28F3NO5/c1-5-26(2,3)23(25(33)34)31-24(32)20-13-9-17-8-12-19(35-4)14-21(17)22(20)36-15-16-6-10-18(11-7-16)27(28,29)30/h6-14,23H,5,15H2,1-4H3,(H,31,32)(H,33,34). The summed E-state index contributed by atoms with van der Waals surface area (Å²) < 4.78 is 50.0. The Hall–Kier alpha value is -3.75. The number of methoxy groups -OCH3 is 1. The first-order valence-electron chi connectivity index (χ1n) is 11.3. The normalized spacial score (nSPS) is 12.8. The van der Waals surface area contributed by atoms with Gasteiger partial charge in [0, 0.05) is 5.39 Å². The van der Waals surface area contributed by atoms with Crippen molar-refractivity contribution in [1.29, 1.82) is 0 Å². The molecular weight excluding hydrogens is 475 g/mol. The van der Waals surface area contributed by atoms with Gasteiger partial charge in [0.1, 0.15) is 24.1 Å². The van der Waals surface area contributed by atoms with E-state index >= 15 is 0 Å². The number of aliphatic carboxylic acids is 1. The van der Waals surface area contributed by atoms with Crippen molar-refractivity contribution >= 4 is 22.6 Å². The van der Waals surface area contributed by atoms with Crippen LogP contribution in [0.3, 0.4) is 0 Å². The molecule has 0 saturated carbocycles. The van der Waals surface area contributed by atoms with Crippen LogP contribution in [-0.2, 0) is 17.6 Å². The van der Waals surface area contributed by atoms with Crippen molar-refractivity contribution in [1.82, 2.24) is 5.32 Å². The molecule has 1 unspecified atom stereocenters. The second-order valence-electron chi connectivity index (χ2n) is 9.10. The van der Waals surface area contributed by atoms with Gasteiger partial charge in [-0.05, 0) is 53.1 Å². The van der Waals surface area contributed by atoms with Gasteiger partial charge in [-0.1, -0.05) is 45.0 Å². The number of ether oxygens (including phenoxy) is 2. The fourth-order valence-corrected chi connectivity index (χ4v) is 3.68. The van der Waals surface area contributed by atoms with E-state index in [0.29, 0.717) is 23.1 Å². The third-order valence-corrected chi connectivity index (χ3v) is 6.30. The zero-order valence-electron chi connectivity index (χ0n) is 20.4. The first-order chi connectivity index (χ1) is 16.9. The number of fused-ring (bicyclic) bond motifs is 1. The molecule has 0 aliphatic rings. The van der Waals surface area contributed by atoms with Gasteiger partial charge < -0.3 is 19.9 Å². The molecule has 36 heavy (non-hydrogen) atoms. The van der Waals surface area contributed by atoms with Crippen LogP contribution in [-0.4, -0.2) is 30.1 Å². The monoisotopic (exact) mass is 503 g/mol. The molecule has 3 rings (SSSR count). The zero-order chi connectivity index (χ0) is 26.7. The lowest BCUT2D eigenvalue weighted by molar-refractivity contribution is -0.142. The summed E-state index contributed by atoms with van der Waals surface area (Å²) in [6, 6.07) is 11.8. The molecule has 3 aromatic rings. The minimum atomic E-state index is -4.45. The highest BCUT2D eigenvalue weighted by molar-refractivity contribution is 6.05. The predicted molar refractivity (Wildman–Crippen MR) is 129 cm³/mol. The molecule has 0 saturated heterocycles. The second-order valence-corrected chi connectivity index (χ2v) is 9.10. The lowest BCUT2D eigenvalue weighted by Crippen LogP contribution is -2.50. The number of amides is 1. The molecule has 0 aliphatic carbocycles. The Labute approximate surface area is 207 Å². The highest BCUT2D eigenvalue weighted by Crippen LogP contribution is 2.35. The van der Waals surface area contributed by atoms with E-state index in [-0.39, 0.29) is 17.9 Å². The van der Waals surface area contributed by atoms with Crippen molar-refractivity contribution in [2.24, 2.45) is 5.41 Å². The predicted octanol–water partition coefficient (Wildman–Crippen LogP) is 6.07. The summed E-state index contributed by atoms with van der Waals surface area (Å²) in [6.07, 6.45) is -3.94. The maximum Gasteiger partial charge on any atom is 0.416 e. The minimum Gasteiger partial charge on any atom is -0.497 e. The van der Waals surface area contributed by atoms with Crippen LogP contribution >= 0.6 is 0 Å². The summed E-state index contributed by atoms with van der Waals surface area (Å²) in [5.41, 5.74) is -0.937. The molecular formula is C27H28F3NO5. The number of rotatable bonds is 9. The van der Waals surface area contributed by atoms with Crippen LogP contribution in [0.25, 0.3) is 10.8 Å². The molecule has 0 fully saturated rings. The van der Waals surface area contributed by atoms with Crippen molar-refractivity contribution in [2.45, 2.75) is 46.0 Å². The first-order valence-corrected chi connectivity index (χ1v) is 11.3.